The SMILES string of the molecule is Cc1nc(F)ccc1Oc1c(C(F)(F)F)ncc(F)c1C(=O)Nc1ccccc1. The highest BCUT2D eigenvalue weighted by Gasteiger charge is 2.40. The highest BCUT2D eigenvalue weighted by Crippen LogP contribution is 2.40. The summed E-state index contributed by atoms with van der Waals surface area (Å²) in [6, 6.07) is 9.61. The third-order valence-electron chi connectivity index (χ3n) is 3.73. The molecule has 3 aromatic rings. The molecule has 1 N–H and O–H groups in total. The molecule has 0 atom stereocenters. The predicted molar refractivity (Wildman–Crippen MR) is 92.6 cm³/mol. The molecule has 3 rings (SSSR count). The zero-order valence-corrected chi connectivity index (χ0v) is 14.7. The molecule has 1 amide bonds. The number of carbonyl (C=O) groups excluding carboxylic acids is 1. The van der Waals surface area contributed by atoms with Gasteiger partial charge in [0.15, 0.2) is 17.3 Å². The summed E-state index contributed by atoms with van der Waals surface area (Å²) in [5.41, 5.74) is -2.48. The normalized spacial score (nSPS) is 11.2. The Labute approximate surface area is 161 Å². The average Bonchev–Trinajstić information content (AvgIpc) is 2.64. The second kappa shape index (κ2) is 7.82. The summed E-state index contributed by atoms with van der Waals surface area (Å²) in [5, 5.41) is 2.30. The number of carbonyl (C=O) groups is 1. The number of amides is 1. The van der Waals surface area contributed by atoms with Gasteiger partial charge in [-0.3, -0.25) is 4.79 Å². The molecule has 0 saturated heterocycles. The summed E-state index contributed by atoms with van der Waals surface area (Å²) in [6.07, 6.45) is -4.77. The van der Waals surface area contributed by atoms with E-state index in [0.29, 0.717) is 0 Å². The van der Waals surface area contributed by atoms with Gasteiger partial charge in [0.25, 0.3) is 5.91 Å². The molecule has 5 nitrogen and oxygen atoms in total. The van der Waals surface area contributed by atoms with Gasteiger partial charge < -0.3 is 10.1 Å². The van der Waals surface area contributed by atoms with Gasteiger partial charge in [-0.15, -0.1) is 0 Å². The molecule has 0 radical (unpaired) electrons. The first-order chi connectivity index (χ1) is 13.7. The lowest BCUT2D eigenvalue weighted by Gasteiger charge is -2.17. The van der Waals surface area contributed by atoms with Gasteiger partial charge in [0.1, 0.15) is 11.3 Å². The quantitative estimate of drug-likeness (QED) is 0.480. The number of alkyl halides is 3. The van der Waals surface area contributed by atoms with Crippen LogP contribution in [0.3, 0.4) is 0 Å². The van der Waals surface area contributed by atoms with Crippen LogP contribution < -0.4 is 10.1 Å². The van der Waals surface area contributed by atoms with Crippen LogP contribution in [0, 0.1) is 18.7 Å². The molecular weight excluding hydrogens is 397 g/mol. The Balaban J connectivity index is 2.12. The topological polar surface area (TPSA) is 64.1 Å². The van der Waals surface area contributed by atoms with Crippen molar-refractivity contribution in [2.24, 2.45) is 0 Å². The van der Waals surface area contributed by atoms with Crippen LogP contribution in [0.5, 0.6) is 11.5 Å². The third kappa shape index (κ3) is 4.48. The lowest BCUT2D eigenvalue weighted by atomic mass is 10.1. The van der Waals surface area contributed by atoms with Crippen molar-refractivity contribution in [2.75, 3.05) is 5.32 Å². The minimum atomic E-state index is -5.05. The molecule has 0 aliphatic rings. The largest absolute Gasteiger partial charge is 0.452 e. The second-order valence-electron chi connectivity index (χ2n) is 5.80. The number of halogens is 5. The fraction of sp³-hybridized carbons (Fsp3) is 0.105. The molecule has 0 aliphatic carbocycles. The first kappa shape index (κ1) is 20.2. The van der Waals surface area contributed by atoms with Crippen molar-refractivity contribution >= 4 is 11.6 Å². The average molecular weight is 409 g/mol. The Morgan fingerprint density at radius 3 is 2.38 bits per heavy atom. The summed E-state index contributed by atoms with van der Waals surface area (Å²) in [5.74, 6) is -4.83. The van der Waals surface area contributed by atoms with Crippen molar-refractivity contribution < 1.29 is 31.5 Å². The van der Waals surface area contributed by atoms with Gasteiger partial charge in [0, 0.05) is 5.69 Å². The number of rotatable bonds is 4. The van der Waals surface area contributed by atoms with Crippen LogP contribution >= 0.6 is 0 Å². The van der Waals surface area contributed by atoms with Crippen molar-refractivity contribution in [2.45, 2.75) is 13.1 Å². The summed E-state index contributed by atoms with van der Waals surface area (Å²) in [7, 11) is 0. The summed E-state index contributed by atoms with van der Waals surface area (Å²) < 4.78 is 73.1. The molecule has 0 unspecified atom stereocenters. The first-order valence-corrected chi connectivity index (χ1v) is 8.10. The predicted octanol–water partition coefficient (Wildman–Crippen LogP) is 5.13. The molecule has 0 spiro atoms. The van der Waals surface area contributed by atoms with Crippen LogP contribution in [0.25, 0.3) is 0 Å². The number of hydrogen-bond donors (Lipinski definition) is 1. The van der Waals surface area contributed by atoms with Crippen LogP contribution in [0.15, 0.2) is 48.7 Å². The summed E-state index contributed by atoms with van der Waals surface area (Å²) in [4.78, 5) is 19.0. The lowest BCUT2D eigenvalue weighted by molar-refractivity contribution is -0.142. The number of aryl methyl sites for hydroxylation is 1. The number of hydrogen-bond acceptors (Lipinski definition) is 4. The van der Waals surface area contributed by atoms with Crippen LogP contribution in [0.1, 0.15) is 21.7 Å². The Hall–Kier alpha value is -3.56. The first-order valence-electron chi connectivity index (χ1n) is 8.10. The van der Waals surface area contributed by atoms with Crippen LogP contribution in [0.2, 0.25) is 0 Å². The maximum Gasteiger partial charge on any atom is 0.437 e. The molecular formula is C19H12F5N3O2. The molecule has 10 heteroatoms. The number of aromatic nitrogens is 2. The number of pyridine rings is 2. The van der Waals surface area contributed by atoms with Crippen LogP contribution in [-0.4, -0.2) is 15.9 Å². The fourth-order valence-corrected chi connectivity index (χ4v) is 2.43. The number of nitrogens with zero attached hydrogens (tertiary/aromatic N) is 2. The number of ether oxygens (including phenoxy) is 1. The van der Waals surface area contributed by atoms with Gasteiger partial charge in [0.05, 0.1) is 11.9 Å². The standard InChI is InChI=1S/C19H12F5N3O2/c1-10-13(7-8-14(21)26-10)29-16-15(12(20)9-25-17(16)19(22,23)24)18(28)27-11-5-3-2-4-6-11/h2-9H,1H3,(H,27,28). The van der Waals surface area contributed by atoms with E-state index >= 15 is 0 Å². The van der Waals surface area contributed by atoms with E-state index in [1.165, 1.54) is 19.1 Å². The molecule has 150 valence electrons. The molecule has 0 saturated carbocycles. The Morgan fingerprint density at radius 1 is 1.07 bits per heavy atom. The van der Waals surface area contributed by atoms with E-state index in [1.807, 2.05) is 0 Å². The van der Waals surface area contributed by atoms with Gasteiger partial charge in [-0.05, 0) is 31.2 Å². The smallest absolute Gasteiger partial charge is 0.437 e. The molecule has 29 heavy (non-hydrogen) atoms. The Bertz CT molecular complexity index is 1060. The van der Waals surface area contributed by atoms with Crippen molar-refractivity contribution in [3.63, 3.8) is 0 Å². The number of para-hydroxylation sites is 1. The zero-order valence-electron chi connectivity index (χ0n) is 14.7. The van der Waals surface area contributed by atoms with Crippen molar-refractivity contribution in [3.8, 4) is 11.5 Å². The minimum absolute atomic E-state index is 0.100. The van der Waals surface area contributed by atoms with Crippen LogP contribution in [0.4, 0.5) is 27.6 Å². The van der Waals surface area contributed by atoms with Gasteiger partial charge in [-0.25, -0.2) is 14.4 Å². The molecule has 0 aliphatic heterocycles. The van der Waals surface area contributed by atoms with Gasteiger partial charge >= 0.3 is 6.18 Å². The maximum atomic E-state index is 14.4. The van der Waals surface area contributed by atoms with E-state index in [2.05, 4.69) is 15.3 Å². The number of anilines is 1. The third-order valence-corrected chi connectivity index (χ3v) is 3.73. The number of benzene rings is 1. The van der Waals surface area contributed by atoms with E-state index in [-0.39, 0.29) is 23.3 Å². The minimum Gasteiger partial charge on any atom is -0.452 e. The van der Waals surface area contributed by atoms with Gasteiger partial charge in [-0.2, -0.15) is 17.6 Å². The molecule has 0 fully saturated rings. The second-order valence-corrected chi connectivity index (χ2v) is 5.80. The Morgan fingerprint density at radius 2 is 1.76 bits per heavy atom. The molecule has 2 aromatic heterocycles. The molecule has 0 bridgehead atoms. The van der Waals surface area contributed by atoms with Crippen molar-refractivity contribution in [1.29, 1.82) is 0 Å². The fourth-order valence-electron chi connectivity index (χ4n) is 2.43. The summed E-state index contributed by atoms with van der Waals surface area (Å²) in [6.45, 7) is 1.28. The monoisotopic (exact) mass is 409 g/mol. The van der Waals surface area contributed by atoms with Crippen molar-refractivity contribution in [1.82, 2.24) is 9.97 Å². The van der Waals surface area contributed by atoms with Crippen LogP contribution in [-0.2, 0) is 6.18 Å². The number of nitrogens with one attached hydrogen (secondary N) is 1. The van der Waals surface area contributed by atoms with E-state index in [1.54, 1.807) is 18.2 Å². The Kier molecular flexibility index (Phi) is 5.44. The molecule has 2 heterocycles. The summed E-state index contributed by atoms with van der Waals surface area (Å²) >= 11 is 0. The maximum absolute atomic E-state index is 14.4. The van der Waals surface area contributed by atoms with E-state index in [9.17, 15) is 26.7 Å². The van der Waals surface area contributed by atoms with Gasteiger partial charge in [-0.1, -0.05) is 18.2 Å². The van der Waals surface area contributed by atoms with E-state index in [0.717, 1.165) is 12.1 Å². The highest BCUT2D eigenvalue weighted by atomic mass is 19.4. The lowest BCUT2D eigenvalue weighted by Crippen LogP contribution is -2.19. The zero-order chi connectivity index (χ0) is 21.2. The van der Waals surface area contributed by atoms with Crippen molar-refractivity contribution in [3.05, 3.63) is 77.4 Å². The molecule has 1 aromatic carbocycles. The van der Waals surface area contributed by atoms with E-state index in [4.69, 9.17) is 4.74 Å². The highest BCUT2D eigenvalue weighted by molar-refractivity contribution is 6.06. The van der Waals surface area contributed by atoms with E-state index < -0.39 is 40.9 Å². The van der Waals surface area contributed by atoms with Gasteiger partial charge in [0.2, 0.25) is 5.95 Å².